The van der Waals surface area contributed by atoms with E-state index in [-0.39, 0.29) is 18.4 Å². The Hall–Kier alpha value is -4.26. The van der Waals surface area contributed by atoms with Crippen molar-refractivity contribution in [3.8, 4) is 28.7 Å². The van der Waals surface area contributed by atoms with Gasteiger partial charge < -0.3 is 14.7 Å². The molecular formula is C27H27F4N8O+. The lowest BCUT2D eigenvalue weighted by Gasteiger charge is -2.14. The van der Waals surface area contributed by atoms with E-state index in [0.717, 1.165) is 30.3 Å². The summed E-state index contributed by atoms with van der Waals surface area (Å²) >= 11 is 0. The van der Waals surface area contributed by atoms with E-state index in [1.807, 2.05) is 12.2 Å². The van der Waals surface area contributed by atoms with Gasteiger partial charge in [-0.2, -0.15) is 18.2 Å². The second-order valence-electron chi connectivity index (χ2n) is 9.50. The van der Waals surface area contributed by atoms with Gasteiger partial charge in [-0.05, 0) is 19.8 Å². The molecule has 0 saturated heterocycles. The fourth-order valence-corrected chi connectivity index (χ4v) is 4.50. The monoisotopic (exact) mass is 555 g/mol. The van der Waals surface area contributed by atoms with E-state index in [1.165, 1.54) is 24.2 Å². The summed E-state index contributed by atoms with van der Waals surface area (Å²) in [5.41, 5.74) is 2.23. The molecule has 1 fully saturated rings. The highest BCUT2D eigenvalue weighted by Crippen LogP contribution is 2.44. The fraction of sp³-hybridized carbons (Fsp3) is 0.333. The number of nitrogens with one attached hydrogen (secondary N) is 1. The molecule has 3 aromatic heterocycles. The molecule has 1 aromatic carbocycles. The Morgan fingerprint density at radius 1 is 1.15 bits per heavy atom. The number of benzene rings is 1. The Labute approximate surface area is 227 Å². The quantitative estimate of drug-likeness (QED) is 0.218. The van der Waals surface area contributed by atoms with Crippen LogP contribution in [0.15, 0.2) is 43.0 Å². The molecule has 9 nitrogen and oxygen atoms in total. The summed E-state index contributed by atoms with van der Waals surface area (Å²) in [5, 5.41) is 9.73. The number of imidazole rings is 1. The molecule has 1 saturated carbocycles. The number of methoxy groups -OCH3 is 1. The Balaban J connectivity index is 1.42. The standard InChI is InChI=1S/C27H26F4N8O/c1-15(16-3-7-18(8-4-16)25-37-20(27(29,30)31)13-39(25)10-9-28)36-23-19(11-32)12-33-24(38-23)21-22(17-5-6-17)34-14-35-26(21)40-2/h3-4,7-8,11-15,17,32H,5-6,9-10H2,1-2H3,(H,33,36,38)/p+1. The molecule has 208 valence electrons. The number of aryl methyl sites for hydroxylation is 1. The van der Waals surface area contributed by atoms with Crippen LogP contribution in [-0.4, -0.2) is 49.5 Å². The van der Waals surface area contributed by atoms with E-state index >= 15 is 0 Å². The molecule has 13 heteroatoms. The maximum absolute atomic E-state index is 13.2. The molecule has 3 N–H and O–H groups in total. The molecule has 0 bridgehead atoms. The average Bonchev–Trinajstić information content (AvgIpc) is 3.71. The number of aromatic nitrogens is 6. The first-order valence-corrected chi connectivity index (χ1v) is 12.7. The molecule has 1 unspecified atom stereocenters. The van der Waals surface area contributed by atoms with Crippen LogP contribution in [0.5, 0.6) is 5.88 Å². The van der Waals surface area contributed by atoms with Crippen molar-refractivity contribution in [3.05, 3.63) is 65.5 Å². The third kappa shape index (κ3) is 5.55. The number of alkyl halides is 4. The zero-order valence-corrected chi connectivity index (χ0v) is 21.8. The number of nitrogens with zero attached hydrogens (tertiary/aromatic N) is 6. The molecular weight excluding hydrogens is 528 g/mol. The molecule has 0 aliphatic heterocycles. The fourth-order valence-electron chi connectivity index (χ4n) is 4.50. The highest BCUT2D eigenvalue weighted by Gasteiger charge is 2.35. The number of halogens is 4. The lowest BCUT2D eigenvalue weighted by molar-refractivity contribution is -0.617. The lowest BCUT2D eigenvalue weighted by atomic mass is 10.1. The minimum absolute atomic E-state index is 0.0465. The third-order valence-electron chi connectivity index (χ3n) is 6.72. The number of quaternary nitrogens is 1. The zero-order valence-electron chi connectivity index (χ0n) is 21.8. The van der Waals surface area contributed by atoms with Gasteiger partial charge in [0.05, 0.1) is 24.9 Å². The molecule has 0 amide bonds. The Kier molecular flexibility index (Phi) is 7.57. The number of hydrogen-bond acceptors (Lipinski definition) is 7. The molecule has 1 aliphatic rings. The second kappa shape index (κ2) is 11.1. The molecule has 4 aromatic rings. The van der Waals surface area contributed by atoms with Gasteiger partial charge in [0.15, 0.2) is 11.5 Å². The maximum Gasteiger partial charge on any atom is 0.434 e. The molecule has 0 spiro atoms. The van der Waals surface area contributed by atoms with Crippen LogP contribution in [0.25, 0.3) is 22.8 Å². The Morgan fingerprint density at radius 3 is 2.52 bits per heavy atom. The zero-order chi connectivity index (χ0) is 28.4. The topological polar surface area (TPSA) is 119 Å². The smallest absolute Gasteiger partial charge is 0.434 e. The number of nitrogens with two attached hydrogens (primary N) is 1. The van der Waals surface area contributed by atoms with Gasteiger partial charge in [-0.1, -0.05) is 24.3 Å². The SMILES string of the molecule is COc1ncnc(C2CC2)c1-c1ncc(C=N)c([NH2+]C(C)c2ccc(-c3nc(C(F)(F)F)cn3CCF)cc2)n1. The summed E-state index contributed by atoms with van der Waals surface area (Å²) in [7, 11) is 1.53. The van der Waals surface area contributed by atoms with E-state index in [2.05, 4.69) is 19.9 Å². The highest BCUT2D eigenvalue weighted by atomic mass is 19.4. The van der Waals surface area contributed by atoms with Crippen LogP contribution < -0.4 is 10.1 Å². The van der Waals surface area contributed by atoms with Crippen molar-refractivity contribution >= 4 is 12.0 Å². The molecule has 0 radical (unpaired) electrons. The van der Waals surface area contributed by atoms with Crippen LogP contribution in [0.2, 0.25) is 0 Å². The van der Waals surface area contributed by atoms with Gasteiger partial charge >= 0.3 is 6.18 Å². The van der Waals surface area contributed by atoms with E-state index in [0.29, 0.717) is 40.1 Å². The summed E-state index contributed by atoms with van der Waals surface area (Å²) in [6.07, 6.45) is 2.45. The minimum atomic E-state index is -4.63. The van der Waals surface area contributed by atoms with Crippen molar-refractivity contribution in [2.75, 3.05) is 13.8 Å². The minimum Gasteiger partial charge on any atom is -0.480 e. The predicted molar refractivity (Wildman–Crippen MR) is 138 cm³/mol. The second-order valence-corrected chi connectivity index (χ2v) is 9.50. The largest absolute Gasteiger partial charge is 0.480 e. The molecule has 40 heavy (non-hydrogen) atoms. The summed E-state index contributed by atoms with van der Waals surface area (Å²) in [6, 6.07) is 6.71. The third-order valence-corrected chi connectivity index (χ3v) is 6.72. The number of hydrogen-bond donors (Lipinski definition) is 2. The van der Waals surface area contributed by atoms with Crippen LogP contribution in [0.3, 0.4) is 0 Å². The predicted octanol–water partition coefficient (Wildman–Crippen LogP) is 4.63. The Morgan fingerprint density at radius 2 is 1.90 bits per heavy atom. The van der Waals surface area contributed by atoms with Crippen molar-refractivity contribution < 1.29 is 27.6 Å². The Bertz CT molecular complexity index is 1520. The van der Waals surface area contributed by atoms with E-state index < -0.39 is 18.5 Å². The number of rotatable bonds is 10. The maximum atomic E-state index is 13.2. The average molecular weight is 556 g/mol. The lowest BCUT2D eigenvalue weighted by Crippen LogP contribution is -2.79. The first-order valence-electron chi connectivity index (χ1n) is 12.7. The summed E-state index contributed by atoms with van der Waals surface area (Å²) in [5.74, 6) is 1.67. The van der Waals surface area contributed by atoms with Crippen LogP contribution in [0.4, 0.5) is 23.4 Å². The molecule has 3 heterocycles. The highest BCUT2D eigenvalue weighted by molar-refractivity contribution is 5.82. The van der Waals surface area contributed by atoms with Crippen molar-refractivity contribution in [3.63, 3.8) is 0 Å². The van der Waals surface area contributed by atoms with E-state index in [1.54, 1.807) is 30.5 Å². The first-order chi connectivity index (χ1) is 19.2. The van der Waals surface area contributed by atoms with Crippen LogP contribution in [0, 0.1) is 5.41 Å². The summed E-state index contributed by atoms with van der Waals surface area (Å²) < 4.78 is 59.3. The van der Waals surface area contributed by atoms with Gasteiger partial charge in [0.25, 0.3) is 0 Å². The molecule has 1 atom stereocenters. The summed E-state index contributed by atoms with van der Waals surface area (Å²) in [4.78, 5) is 21.6. The molecule has 5 rings (SSSR count). The van der Waals surface area contributed by atoms with E-state index in [4.69, 9.17) is 15.1 Å². The van der Waals surface area contributed by atoms with Crippen molar-refractivity contribution in [2.24, 2.45) is 0 Å². The van der Waals surface area contributed by atoms with Gasteiger partial charge in [0.2, 0.25) is 11.7 Å². The number of ether oxygens (including phenoxy) is 1. The summed E-state index contributed by atoms with van der Waals surface area (Å²) in [6.45, 7) is 0.898. The molecule has 1 aliphatic carbocycles. The van der Waals surface area contributed by atoms with Crippen LogP contribution in [0.1, 0.15) is 54.2 Å². The van der Waals surface area contributed by atoms with Gasteiger partial charge in [-0.15, -0.1) is 0 Å². The van der Waals surface area contributed by atoms with Crippen LogP contribution >= 0.6 is 0 Å². The van der Waals surface area contributed by atoms with Crippen molar-refractivity contribution in [2.45, 2.75) is 44.4 Å². The van der Waals surface area contributed by atoms with Crippen molar-refractivity contribution in [1.82, 2.24) is 29.5 Å². The van der Waals surface area contributed by atoms with Gasteiger partial charge in [-0.25, -0.2) is 24.3 Å². The van der Waals surface area contributed by atoms with Gasteiger partial charge in [-0.3, -0.25) is 5.32 Å². The van der Waals surface area contributed by atoms with Crippen LogP contribution in [-0.2, 0) is 12.7 Å². The van der Waals surface area contributed by atoms with E-state index in [9.17, 15) is 17.6 Å². The first kappa shape index (κ1) is 27.3. The van der Waals surface area contributed by atoms with Crippen molar-refractivity contribution in [1.29, 1.82) is 5.41 Å². The normalized spacial score (nSPS) is 14.2. The van der Waals surface area contributed by atoms with Gasteiger partial charge in [0.1, 0.15) is 30.4 Å². The van der Waals surface area contributed by atoms with Gasteiger partial charge in [0, 0.05) is 35.7 Å².